The van der Waals surface area contributed by atoms with E-state index in [1.165, 1.54) is 7.11 Å². The average molecular weight is 323 g/mol. The first kappa shape index (κ1) is 15.2. The highest BCUT2D eigenvalue weighted by Gasteiger charge is 2.46. The zero-order valence-electron chi connectivity index (χ0n) is 12.5. The van der Waals surface area contributed by atoms with Crippen molar-refractivity contribution in [3.8, 4) is 5.75 Å². The number of rotatable bonds is 2. The van der Waals surface area contributed by atoms with Gasteiger partial charge in [0, 0.05) is 30.2 Å². The Hall–Kier alpha value is -1.75. The van der Waals surface area contributed by atoms with Crippen molar-refractivity contribution < 1.29 is 14.3 Å². The number of methoxy groups -OCH3 is 1. The fraction of sp³-hybridized carbons (Fsp3) is 0.500. The minimum atomic E-state index is -0.406. The predicted molar refractivity (Wildman–Crippen MR) is 83.2 cm³/mol. The largest absolute Gasteiger partial charge is 0.497 e. The Morgan fingerprint density at radius 3 is 2.91 bits per heavy atom. The van der Waals surface area contributed by atoms with E-state index in [1.807, 2.05) is 0 Å². The second kappa shape index (κ2) is 5.80. The second-order valence-electron chi connectivity index (χ2n) is 6.00. The summed E-state index contributed by atoms with van der Waals surface area (Å²) in [6, 6.07) is 4.98. The summed E-state index contributed by atoms with van der Waals surface area (Å²) in [5.41, 5.74) is 0.0916. The smallest absolute Gasteiger partial charge is 0.254 e. The molecule has 2 aliphatic heterocycles. The monoisotopic (exact) mass is 322 g/mol. The number of piperidine rings is 1. The summed E-state index contributed by atoms with van der Waals surface area (Å²) in [6.07, 6.45) is 2.54. The van der Waals surface area contributed by atoms with Gasteiger partial charge >= 0.3 is 0 Å². The van der Waals surface area contributed by atoms with Crippen LogP contribution in [0.5, 0.6) is 5.75 Å². The summed E-state index contributed by atoms with van der Waals surface area (Å²) in [5.74, 6) is 0.536. The maximum absolute atomic E-state index is 12.7. The van der Waals surface area contributed by atoms with E-state index in [1.54, 1.807) is 23.1 Å². The van der Waals surface area contributed by atoms with Gasteiger partial charge in [-0.05, 0) is 37.5 Å². The quantitative estimate of drug-likeness (QED) is 0.907. The van der Waals surface area contributed by atoms with Crippen LogP contribution >= 0.6 is 11.6 Å². The van der Waals surface area contributed by atoms with Crippen LogP contribution in [0, 0.1) is 5.41 Å². The molecule has 2 aliphatic rings. The van der Waals surface area contributed by atoms with Crippen LogP contribution in [0.3, 0.4) is 0 Å². The Morgan fingerprint density at radius 2 is 2.18 bits per heavy atom. The van der Waals surface area contributed by atoms with Crippen molar-refractivity contribution in [3.05, 3.63) is 28.8 Å². The van der Waals surface area contributed by atoms with Crippen molar-refractivity contribution in [1.29, 1.82) is 0 Å². The van der Waals surface area contributed by atoms with Crippen LogP contribution in [-0.2, 0) is 4.79 Å². The highest BCUT2D eigenvalue weighted by molar-refractivity contribution is 6.31. The van der Waals surface area contributed by atoms with E-state index >= 15 is 0 Å². The Balaban J connectivity index is 1.79. The van der Waals surface area contributed by atoms with Crippen LogP contribution in [0.4, 0.5) is 0 Å². The molecule has 2 amide bonds. The maximum Gasteiger partial charge on any atom is 0.254 e. The molecule has 1 atom stereocenters. The molecule has 2 fully saturated rings. The molecule has 5 nitrogen and oxygen atoms in total. The van der Waals surface area contributed by atoms with Crippen molar-refractivity contribution in [1.82, 2.24) is 10.2 Å². The first-order valence-electron chi connectivity index (χ1n) is 7.46. The van der Waals surface area contributed by atoms with Gasteiger partial charge in [-0.15, -0.1) is 0 Å². The Kier molecular flexibility index (Phi) is 4.00. The molecule has 2 saturated heterocycles. The van der Waals surface area contributed by atoms with Gasteiger partial charge in [-0.2, -0.15) is 0 Å². The summed E-state index contributed by atoms with van der Waals surface area (Å²) in [5, 5.41) is 3.39. The molecule has 0 bridgehead atoms. The van der Waals surface area contributed by atoms with Crippen LogP contribution < -0.4 is 10.1 Å². The van der Waals surface area contributed by atoms with E-state index in [4.69, 9.17) is 16.3 Å². The lowest BCUT2D eigenvalue weighted by Gasteiger charge is -2.32. The Morgan fingerprint density at radius 1 is 1.36 bits per heavy atom. The zero-order valence-corrected chi connectivity index (χ0v) is 13.3. The number of hydrogen-bond acceptors (Lipinski definition) is 3. The van der Waals surface area contributed by atoms with Gasteiger partial charge in [0.05, 0.1) is 12.5 Å². The maximum atomic E-state index is 12.7. The lowest BCUT2D eigenvalue weighted by molar-refractivity contribution is -0.132. The molecular weight excluding hydrogens is 304 g/mol. The number of carbonyl (C=O) groups is 2. The SMILES string of the molecule is COc1cc(Cl)cc(C(=O)N2CC[C@@]3(CCCNC3=O)C2)c1. The molecule has 0 saturated carbocycles. The topological polar surface area (TPSA) is 58.6 Å². The van der Waals surface area contributed by atoms with Gasteiger partial charge in [0.1, 0.15) is 5.75 Å². The molecule has 22 heavy (non-hydrogen) atoms. The molecule has 1 aromatic carbocycles. The van der Waals surface area contributed by atoms with E-state index in [9.17, 15) is 9.59 Å². The number of benzene rings is 1. The van der Waals surface area contributed by atoms with Crippen molar-refractivity contribution in [2.24, 2.45) is 5.41 Å². The van der Waals surface area contributed by atoms with E-state index < -0.39 is 5.41 Å². The number of likely N-dealkylation sites (tertiary alicyclic amines) is 1. The van der Waals surface area contributed by atoms with Gasteiger partial charge in [0.15, 0.2) is 0 Å². The summed E-state index contributed by atoms with van der Waals surface area (Å²) >= 11 is 6.03. The highest BCUT2D eigenvalue weighted by Crippen LogP contribution is 2.38. The number of halogens is 1. The van der Waals surface area contributed by atoms with Crippen LogP contribution in [-0.4, -0.2) is 43.5 Å². The lowest BCUT2D eigenvalue weighted by atomic mass is 9.79. The van der Waals surface area contributed by atoms with Gasteiger partial charge in [-0.25, -0.2) is 0 Å². The van der Waals surface area contributed by atoms with Gasteiger partial charge in [0.2, 0.25) is 5.91 Å². The average Bonchev–Trinajstić information content (AvgIpc) is 2.94. The van der Waals surface area contributed by atoms with Gasteiger partial charge in [-0.3, -0.25) is 9.59 Å². The Bertz CT molecular complexity index is 619. The first-order chi connectivity index (χ1) is 10.5. The Labute approximate surface area is 134 Å². The van der Waals surface area contributed by atoms with E-state index in [0.29, 0.717) is 29.4 Å². The molecule has 0 aromatic heterocycles. The van der Waals surface area contributed by atoms with Crippen LogP contribution in [0.25, 0.3) is 0 Å². The van der Waals surface area contributed by atoms with Gasteiger partial charge < -0.3 is 15.0 Å². The summed E-state index contributed by atoms with van der Waals surface area (Å²) < 4.78 is 5.16. The molecule has 0 radical (unpaired) electrons. The minimum Gasteiger partial charge on any atom is -0.497 e. The molecule has 0 aliphatic carbocycles. The van der Waals surface area contributed by atoms with E-state index in [-0.39, 0.29) is 11.8 Å². The normalized spacial score (nSPS) is 24.5. The number of hydrogen-bond donors (Lipinski definition) is 1. The summed E-state index contributed by atoms with van der Waals surface area (Å²) in [4.78, 5) is 26.6. The summed E-state index contributed by atoms with van der Waals surface area (Å²) in [7, 11) is 1.54. The van der Waals surface area contributed by atoms with Gasteiger partial charge in [0.25, 0.3) is 5.91 Å². The van der Waals surface area contributed by atoms with Crippen molar-refractivity contribution in [3.63, 3.8) is 0 Å². The molecule has 3 rings (SSSR count). The number of nitrogens with one attached hydrogen (secondary N) is 1. The summed E-state index contributed by atoms with van der Waals surface area (Å²) in [6.45, 7) is 1.81. The van der Waals surface area contributed by atoms with Crippen molar-refractivity contribution in [2.45, 2.75) is 19.3 Å². The highest BCUT2D eigenvalue weighted by atomic mass is 35.5. The third kappa shape index (κ3) is 2.65. The number of ether oxygens (including phenoxy) is 1. The van der Waals surface area contributed by atoms with Crippen molar-refractivity contribution in [2.75, 3.05) is 26.7 Å². The molecule has 0 unspecified atom stereocenters. The molecule has 1 spiro atoms. The van der Waals surface area contributed by atoms with Crippen LogP contribution in [0.15, 0.2) is 18.2 Å². The standard InChI is InChI=1S/C16H19ClN2O3/c1-22-13-8-11(7-12(17)9-13)14(20)19-6-4-16(10-19)3-2-5-18-15(16)21/h7-9H,2-6,10H2,1H3,(H,18,21)/t16-/m0/s1. The predicted octanol–water partition coefficient (Wildman–Crippen LogP) is 2.09. The third-order valence-corrected chi connectivity index (χ3v) is 4.81. The lowest BCUT2D eigenvalue weighted by Crippen LogP contribution is -2.47. The van der Waals surface area contributed by atoms with Crippen LogP contribution in [0.2, 0.25) is 5.02 Å². The second-order valence-corrected chi connectivity index (χ2v) is 6.43. The minimum absolute atomic E-state index is 0.0812. The number of nitrogens with zero attached hydrogens (tertiary/aromatic N) is 1. The number of carbonyl (C=O) groups excluding carboxylic acids is 2. The molecule has 1 aromatic rings. The zero-order chi connectivity index (χ0) is 15.7. The first-order valence-corrected chi connectivity index (χ1v) is 7.84. The van der Waals surface area contributed by atoms with Gasteiger partial charge in [-0.1, -0.05) is 11.6 Å². The fourth-order valence-electron chi connectivity index (χ4n) is 3.35. The van der Waals surface area contributed by atoms with Crippen molar-refractivity contribution >= 4 is 23.4 Å². The van der Waals surface area contributed by atoms with Crippen LogP contribution in [0.1, 0.15) is 29.6 Å². The molecule has 1 N–H and O–H groups in total. The molecular formula is C16H19ClN2O3. The van der Waals surface area contributed by atoms with E-state index in [2.05, 4.69) is 5.32 Å². The fourth-order valence-corrected chi connectivity index (χ4v) is 3.58. The molecule has 6 heteroatoms. The van der Waals surface area contributed by atoms with E-state index in [0.717, 1.165) is 25.8 Å². The molecule has 118 valence electrons. The molecule has 2 heterocycles. The number of amides is 2. The third-order valence-electron chi connectivity index (χ3n) is 4.59.